The lowest BCUT2D eigenvalue weighted by atomic mass is 9.44. The standard InChI is InChI=1S/C27H36FNO7/c1-6-29-23(34)36-27(22(33)14-35-16(3)30)15(2)11-20-19-8-7-17-12-18(31)9-10-24(17,4)26(19,28)21(32)13-25(20,27)5/h9-10,12,15,19-21,32H,6-8,11,13-14H2,1-5H3,(H,29,34)/t15-,19?,20?,21-,24-,25-,26?,27+/m0/s1. The van der Waals surface area contributed by atoms with Crippen LogP contribution in [-0.4, -0.2) is 59.3 Å². The minimum atomic E-state index is -2.07. The molecule has 0 heterocycles. The Balaban J connectivity index is 1.81. The summed E-state index contributed by atoms with van der Waals surface area (Å²) in [4.78, 5) is 50.0. The van der Waals surface area contributed by atoms with E-state index in [2.05, 4.69) is 5.32 Å². The highest BCUT2D eigenvalue weighted by molar-refractivity contribution is 6.01. The van der Waals surface area contributed by atoms with E-state index in [1.54, 1.807) is 33.8 Å². The highest BCUT2D eigenvalue weighted by Crippen LogP contribution is 2.71. The number of carbonyl (C=O) groups is 4. The molecule has 3 fully saturated rings. The number of aliphatic hydroxyl groups excluding tert-OH is 1. The van der Waals surface area contributed by atoms with E-state index >= 15 is 4.39 Å². The van der Waals surface area contributed by atoms with Crippen molar-refractivity contribution in [1.29, 1.82) is 0 Å². The number of alkyl halides is 1. The zero-order valence-electron chi connectivity index (χ0n) is 21.6. The zero-order valence-corrected chi connectivity index (χ0v) is 21.6. The Labute approximate surface area is 210 Å². The summed E-state index contributed by atoms with van der Waals surface area (Å²) in [7, 11) is 0. The van der Waals surface area contributed by atoms with Crippen LogP contribution in [0.1, 0.15) is 60.3 Å². The number of allylic oxidation sites excluding steroid dienone is 4. The van der Waals surface area contributed by atoms with Crippen molar-refractivity contribution in [3.8, 4) is 0 Å². The number of nitrogens with one attached hydrogen (secondary N) is 1. The molecule has 2 N–H and O–H groups in total. The molecule has 0 aromatic rings. The van der Waals surface area contributed by atoms with Crippen LogP contribution in [-0.2, 0) is 23.9 Å². The first-order valence-electron chi connectivity index (χ1n) is 12.7. The number of amides is 1. The van der Waals surface area contributed by atoms with E-state index in [1.165, 1.54) is 19.1 Å². The lowest BCUT2D eigenvalue weighted by Crippen LogP contribution is -2.70. The molecule has 1 amide bonds. The maximum Gasteiger partial charge on any atom is 0.408 e. The number of hydrogen-bond acceptors (Lipinski definition) is 7. The molecule has 4 aliphatic rings. The SMILES string of the molecule is CCNC(=O)O[C@@]1(C(=O)COC(C)=O)[C@@H](C)CC2C3CCC4=CC(=O)C=C[C@]4(C)C3(F)[C@@H](O)C[C@@]21C. The fourth-order valence-corrected chi connectivity index (χ4v) is 8.00. The Hall–Kier alpha value is -2.55. The molecule has 8 nitrogen and oxygen atoms in total. The summed E-state index contributed by atoms with van der Waals surface area (Å²) >= 11 is 0. The number of esters is 1. The van der Waals surface area contributed by atoms with Crippen LogP contribution in [0, 0.1) is 28.6 Å². The van der Waals surface area contributed by atoms with E-state index in [9.17, 15) is 24.3 Å². The molecule has 4 rings (SSSR count). The van der Waals surface area contributed by atoms with Gasteiger partial charge < -0.3 is 19.9 Å². The molecule has 36 heavy (non-hydrogen) atoms. The quantitative estimate of drug-likeness (QED) is 0.551. The Kier molecular flexibility index (Phi) is 6.47. The van der Waals surface area contributed by atoms with Crippen LogP contribution >= 0.6 is 0 Å². The predicted octanol–water partition coefficient (Wildman–Crippen LogP) is 3.22. The summed E-state index contributed by atoms with van der Waals surface area (Å²) in [5.41, 5.74) is -5.40. The highest BCUT2D eigenvalue weighted by Gasteiger charge is 2.77. The first-order valence-corrected chi connectivity index (χ1v) is 12.7. The lowest BCUT2D eigenvalue weighted by Gasteiger charge is -2.62. The third-order valence-electron chi connectivity index (χ3n) is 9.58. The van der Waals surface area contributed by atoms with Gasteiger partial charge in [0, 0.05) is 36.1 Å². The van der Waals surface area contributed by atoms with Crippen molar-refractivity contribution in [3.63, 3.8) is 0 Å². The van der Waals surface area contributed by atoms with Gasteiger partial charge >= 0.3 is 12.1 Å². The maximum absolute atomic E-state index is 17.4. The second-order valence-electron chi connectivity index (χ2n) is 11.3. The Morgan fingerprint density at radius 3 is 2.58 bits per heavy atom. The Morgan fingerprint density at radius 1 is 1.25 bits per heavy atom. The minimum absolute atomic E-state index is 0.134. The molecule has 4 aliphatic carbocycles. The molecule has 3 saturated carbocycles. The smallest absolute Gasteiger partial charge is 0.408 e. The number of ether oxygens (including phenoxy) is 2. The van der Waals surface area contributed by atoms with Gasteiger partial charge in [-0.25, -0.2) is 9.18 Å². The lowest BCUT2D eigenvalue weighted by molar-refractivity contribution is -0.219. The molecule has 0 aliphatic heterocycles. The minimum Gasteiger partial charge on any atom is -0.458 e. The van der Waals surface area contributed by atoms with Gasteiger partial charge in [-0.05, 0) is 57.6 Å². The van der Waals surface area contributed by atoms with Gasteiger partial charge in [0.1, 0.15) is 0 Å². The van der Waals surface area contributed by atoms with Gasteiger partial charge in [0.2, 0.25) is 5.78 Å². The molecule has 0 bridgehead atoms. The molecular weight excluding hydrogens is 469 g/mol. The molecule has 0 aromatic carbocycles. The van der Waals surface area contributed by atoms with Crippen molar-refractivity contribution in [2.24, 2.45) is 28.6 Å². The van der Waals surface area contributed by atoms with E-state index in [-0.39, 0.29) is 18.7 Å². The van der Waals surface area contributed by atoms with Gasteiger partial charge in [-0.3, -0.25) is 14.4 Å². The summed E-state index contributed by atoms with van der Waals surface area (Å²) in [5, 5.41) is 14.1. The van der Waals surface area contributed by atoms with Crippen LogP contribution in [0.4, 0.5) is 9.18 Å². The molecule has 0 radical (unpaired) electrons. The number of halogens is 1. The average molecular weight is 506 g/mol. The predicted molar refractivity (Wildman–Crippen MR) is 127 cm³/mol. The summed E-state index contributed by atoms with van der Waals surface area (Å²) in [5.74, 6) is -2.98. The number of rotatable bonds is 5. The first-order chi connectivity index (χ1) is 16.8. The van der Waals surface area contributed by atoms with Crippen molar-refractivity contribution in [2.75, 3.05) is 13.2 Å². The first kappa shape index (κ1) is 26.5. The second-order valence-corrected chi connectivity index (χ2v) is 11.3. The van der Waals surface area contributed by atoms with E-state index in [4.69, 9.17) is 9.47 Å². The van der Waals surface area contributed by atoms with Crippen molar-refractivity contribution in [1.82, 2.24) is 5.32 Å². The Morgan fingerprint density at radius 2 is 1.94 bits per heavy atom. The summed E-state index contributed by atoms with van der Waals surface area (Å²) < 4.78 is 28.3. The van der Waals surface area contributed by atoms with Gasteiger partial charge in [0.25, 0.3) is 0 Å². The summed E-state index contributed by atoms with van der Waals surface area (Å²) in [6.07, 6.45) is 3.26. The molecule has 3 unspecified atom stereocenters. The normalized spacial score (nSPS) is 43.0. The zero-order chi connectivity index (χ0) is 26.7. The number of Topliss-reactive ketones (excluding diaryl/α,β-unsaturated/α-hetero) is 1. The third-order valence-corrected chi connectivity index (χ3v) is 9.58. The maximum atomic E-state index is 17.4. The second kappa shape index (κ2) is 8.78. The highest BCUT2D eigenvalue weighted by atomic mass is 19.1. The third kappa shape index (κ3) is 3.41. The van der Waals surface area contributed by atoms with Crippen molar-refractivity contribution in [2.45, 2.75) is 77.7 Å². The van der Waals surface area contributed by atoms with E-state index in [0.717, 1.165) is 0 Å². The van der Waals surface area contributed by atoms with Crippen LogP contribution < -0.4 is 5.32 Å². The van der Waals surface area contributed by atoms with E-state index in [1.807, 2.05) is 0 Å². The molecule has 8 atom stereocenters. The van der Waals surface area contributed by atoms with Crippen LogP contribution in [0.25, 0.3) is 0 Å². The molecule has 0 aromatic heterocycles. The number of carbonyl (C=O) groups excluding carboxylic acids is 4. The summed E-state index contributed by atoms with van der Waals surface area (Å²) in [6.45, 7) is 7.89. The van der Waals surface area contributed by atoms with Crippen molar-refractivity contribution in [3.05, 3.63) is 23.8 Å². The van der Waals surface area contributed by atoms with Crippen LogP contribution in [0.5, 0.6) is 0 Å². The number of ketones is 2. The monoisotopic (exact) mass is 505 g/mol. The van der Waals surface area contributed by atoms with Gasteiger partial charge in [0.15, 0.2) is 23.7 Å². The number of aliphatic hydroxyl groups is 1. The van der Waals surface area contributed by atoms with Gasteiger partial charge in [-0.15, -0.1) is 0 Å². The molecule has 9 heteroatoms. The van der Waals surface area contributed by atoms with Gasteiger partial charge in [0.05, 0.1) is 6.10 Å². The van der Waals surface area contributed by atoms with Crippen LogP contribution in [0.2, 0.25) is 0 Å². The van der Waals surface area contributed by atoms with Gasteiger partial charge in [-0.1, -0.05) is 25.5 Å². The van der Waals surface area contributed by atoms with Crippen LogP contribution in [0.3, 0.4) is 0 Å². The molecule has 0 saturated heterocycles. The molecular formula is C27H36FNO7. The van der Waals surface area contributed by atoms with Gasteiger partial charge in [-0.2, -0.15) is 0 Å². The number of fused-ring (bicyclic) bond motifs is 5. The summed E-state index contributed by atoms with van der Waals surface area (Å²) in [6, 6.07) is 0. The van der Waals surface area contributed by atoms with Crippen molar-refractivity contribution < 1.29 is 38.1 Å². The molecule has 0 spiro atoms. The van der Waals surface area contributed by atoms with Crippen molar-refractivity contribution >= 4 is 23.6 Å². The van der Waals surface area contributed by atoms with E-state index in [0.29, 0.717) is 24.8 Å². The fourth-order valence-electron chi connectivity index (χ4n) is 8.00. The number of hydrogen-bond donors (Lipinski definition) is 2. The van der Waals surface area contributed by atoms with Crippen LogP contribution in [0.15, 0.2) is 23.8 Å². The number of alkyl carbamates (subject to hydrolysis) is 1. The average Bonchev–Trinajstić information content (AvgIpc) is 3.01. The topological polar surface area (TPSA) is 119 Å². The Bertz CT molecular complexity index is 1050. The largest absolute Gasteiger partial charge is 0.458 e. The fraction of sp³-hybridized carbons (Fsp3) is 0.704. The van der Waals surface area contributed by atoms with E-state index < -0.39 is 70.4 Å². The molecule has 198 valence electrons.